The molecule has 0 fully saturated rings. The van der Waals surface area contributed by atoms with Crippen LogP contribution in [-0.4, -0.2) is 20.7 Å². The van der Waals surface area contributed by atoms with Crippen molar-refractivity contribution in [2.24, 2.45) is 0 Å². The van der Waals surface area contributed by atoms with Gasteiger partial charge in [0.25, 0.3) is 5.91 Å². The van der Waals surface area contributed by atoms with Gasteiger partial charge in [-0.15, -0.1) is 0 Å². The van der Waals surface area contributed by atoms with E-state index in [1.165, 1.54) is 16.9 Å². The van der Waals surface area contributed by atoms with Gasteiger partial charge in [0.05, 0.1) is 15.9 Å². The molecule has 1 amide bonds. The summed E-state index contributed by atoms with van der Waals surface area (Å²) in [5.74, 6) is -0.170. The lowest BCUT2D eigenvalue weighted by Crippen LogP contribution is -2.17. The largest absolute Gasteiger partial charge is 0.296 e. The molecule has 5 nitrogen and oxygen atoms in total. The molecule has 0 saturated carbocycles. The van der Waals surface area contributed by atoms with E-state index in [2.05, 4.69) is 34.5 Å². The molecule has 1 aromatic carbocycles. The summed E-state index contributed by atoms with van der Waals surface area (Å²) in [4.78, 5) is 17.0. The van der Waals surface area contributed by atoms with Gasteiger partial charge in [0.15, 0.2) is 5.13 Å². The average Bonchev–Trinajstić information content (AvgIpc) is 3.01. The molecule has 2 aromatic heterocycles. The lowest BCUT2D eigenvalue weighted by atomic mass is 10.1. The van der Waals surface area contributed by atoms with Crippen LogP contribution in [-0.2, 0) is 6.54 Å². The maximum atomic E-state index is 12.4. The highest BCUT2D eigenvalue weighted by atomic mass is 32.1. The van der Waals surface area contributed by atoms with Gasteiger partial charge in [-0.25, -0.2) is 4.98 Å². The molecule has 22 heavy (non-hydrogen) atoms. The molecular formula is C16H18N4OS. The van der Waals surface area contributed by atoms with Crippen molar-refractivity contribution in [2.45, 2.75) is 34.2 Å². The number of aromatic nitrogens is 3. The van der Waals surface area contributed by atoms with Crippen LogP contribution in [0.2, 0.25) is 0 Å². The molecular weight excluding hydrogens is 296 g/mol. The first-order chi connectivity index (χ1) is 10.5. The third-order valence-electron chi connectivity index (χ3n) is 3.48. The minimum absolute atomic E-state index is 0.170. The number of hydrogen-bond acceptors (Lipinski definition) is 4. The van der Waals surface area contributed by atoms with Gasteiger partial charge in [-0.1, -0.05) is 17.4 Å². The minimum Gasteiger partial charge on any atom is -0.296 e. The number of benzene rings is 1. The number of anilines is 1. The van der Waals surface area contributed by atoms with E-state index >= 15 is 0 Å². The van der Waals surface area contributed by atoms with Gasteiger partial charge >= 0.3 is 0 Å². The molecule has 3 rings (SSSR count). The second-order valence-electron chi connectivity index (χ2n) is 5.39. The number of carbonyl (C=O) groups excluding carboxylic acids is 1. The van der Waals surface area contributed by atoms with Gasteiger partial charge in [-0.05, 0) is 51.0 Å². The Balaban J connectivity index is 1.92. The van der Waals surface area contributed by atoms with E-state index in [1.54, 1.807) is 10.7 Å². The van der Waals surface area contributed by atoms with E-state index in [-0.39, 0.29) is 5.91 Å². The monoisotopic (exact) mass is 314 g/mol. The Morgan fingerprint density at radius 3 is 2.77 bits per heavy atom. The Morgan fingerprint density at radius 1 is 1.27 bits per heavy atom. The standard InChI is InChI=1S/C16H18N4OS/c1-5-20-12(8-11(4)19-20)15(21)18-16-17-14-10(3)6-9(2)7-13(14)22-16/h6-8H,5H2,1-4H3,(H,17,18,21). The first kappa shape index (κ1) is 14.7. The van der Waals surface area contributed by atoms with E-state index in [1.807, 2.05) is 20.8 Å². The normalized spacial score (nSPS) is 11.1. The van der Waals surface area contributed by atoms with Crippen LogP contribution in [0.25, 0.3) is 10.2 Å². The van der Waals surface area contributed by atoms with Gasteiger partial charge in [-0.2, -0.15) is 5.10 Å². The highest BCUT2D eigenvalue weighted by molar-refractivity contribution is 7.22. The first-order valence-electron chi connectivity index (χ1n) is 7.21. The summed E-state index contributed by atoms with van der Waals surface area (Å²) in [6.45, 7) is 8.61. The molecule has 1 N–H and O–H groups in total. The molecule has 0 radical (unpaired) electrons. The number of fused-ring (bicyclic) bond motifs is 1. The summed E-state index contributed by atoms with van der Waals surface area (Å²) in [7, 11) is 0. The number of carbonyl (C=O) groups is 1. The number of thiazole rings is 1. The maximum absolute atomic E-state index is 12.4. The number of nitrogens with one attached hydrogen (secondary N) is 1. The number of aryl methyl sites for hydroxylation is 4. The average molecular weight is 314 g/mol. The third-order valence-corrected chi connectivity index (χ3v) is 4.40. The summed E-state index contributed by atoms with van der Waals surface area (Å²) in [6, 6.07) is 5.99. The molecule has 0 saturated heterocycles. The fourth-order valence-electron chi connectivity index (χ4n) is 2.55. The fourth-order valence-corrected chi connectivity index (χ4v) is 3.59. The van der Waals surface area contributed by atoms with E-state index in [9.17, 15) is 4.79 Å². The Kier molecular flexibility index (Phi) is 3.70. The zero-order valence-electron chi connectivity index (χ0n) is 13.1. The number of hydrogen-bond donors (Lipinski definition) is 1. The molecule has 0 unspecified atom stereocenters. The van der Waals surface area contributed by atoms with Crippen molar-refractivity contribution in [3.63, 3.8) is 0 Å². The van der Waals surface area contributed by atoms with Gasteiger partial charge in [0.1, 0.15) is 5.69 Å². The van der Waals surface area contributed by atoms with Crippen molar-refractivity contribution in [2.75, 3.05) is 5.32 Å². The number of rotatable bonds is 3. The Labute approximate surface area is 133 Å². The van der Waals surface area contributed by atoms with Crippen LogP contribution in [0.3, 0.4) is 0 Å². The molecule has 2 heterocycles. The van der Waals surface area contributed by atoms with Crippen LogP contribution < -0.4 is 5.32 Å². The molecule has 0 bridgehead atoms. The molecule has 0 spiro atoms. The van der Waals surface area contributed by atoms with Crippen molar-refractivity contribution in [3.8, 4) is 0 Å². The summed E-state index contributed by atoms with van der Waals surface area (Å²) in [5.41, 5.74) is 4.67. The fraction of sp³-hybridized carbons (Fsp3) is 0.312. The van der Waals surface area contributed by atoms with Crippen LogP contribution in [0, 0.1) is 20.8 Å². The van der Waals surface area contributed by atoms with Crippen molar-refractivity contribution in [3.05, 3.63) is 40.7 Å². The summed E-state index contributed by atoms with van der Waals surface area (Å²) in [6.07, 6.45) is 0. The number of nitrogens with zero attached hydrogens (tertiary/aromatic N) is 3. The topological polar surface area (TPSA) is 59.8 Å². The quantitative estimate of drug-likeness (QED) is 0.802. The van der Waals surface area contributed by atoms with Gasteiger partial charge in [-0.3, -0.25) is 14.8 Å². The van der Waals surface area contributed by atoms with Gasteiger partial charge in [0.2, 0.25) is 0 Å². The van der Waals surface area contributed by atoms with Crippen LogP contribution in [0.15, 0.2) is 18.2 Å². The summed E-state index contributed by atoms with van der Waals surface area (Å²) in [5, 5.41) is 7.81. The van der Waals surface area contributed by atoms with Crippen LogP contribution in [0.5, 0.6) is 0 Å². The minimum atomic E-state index is -0.170. The molecule has 114 valence electrons. The maximum Gasteiger partial charge on any atom is 0.275 e. The van der Waals surface area contributed by atoms with Crippen molar-refractivity contribution < 1.29 is 4.79 Å². The van der Waals surface area contributed by atoms with Crippen molar-refractivity contribution in [1.82, 2.24) is 14.8 Å². The predicted octanol–water partition coefficient (Wildman–Crippen LogP) is 3.69. The molecule has 0 aliphatic rings. The highest BCUT2D eigenvalue weighted by Crippen LogP contribution is 2.29. The molecule has 0 aliphatic heterocycles. The van der Waals surface area contributed by atoms with Gasteiger partial charge < -0.3 is 0 Å². The number of amides is 1. The van der Waals surface area contributed by atoms with Crippen LogP contribution >= 0.6 is 11.3 Å². The Morgan fingerprint density at radius 2 is 2.05 bits per heavy atom. The zero-order valence-corrected chi connectivity index (χ0v) is 13.9. The van der Waals surface area contributed by atoms with E-state index < -0.39 is 0 Å². The molecule has 6 heteroatoms. The van der Waals surface area contributed by atoms with Crippen LogP contribution in [0.4, 0.5) is 5.13 Å². The molecule has 0 atom stereocenters. The second kappa shape index (κ2) is 5.53. The lowest BCUT2D eigenvalue weighted by molar-refractivity contribution is 0.101. The third kappa shape index (κ3) is 2.62. The SMILES string of the molecule is CCn1nc(C)cc1C(=O)Nc1nc2c(C)cc(C)cc2s1. The molecule has 3 aromatic rings. The van der Waals surface area contributed by atoms with Crippen LogP contribution in [0.1, 0.15) is 34.2 Å². The van der Waals surface area contributed by atoms with E-state index in [0.717, 1.165) is 21.5 Å². The Bertz CT molecular complexity index is 863. The highest BCUT2D eigenvalue weighted by Gasteiger charge is 2.15. The molecule has 0 aliphatic carbocycles. The zero-order chi connectivity index (χ0) is 15.9. The Hall–Kier alpha value is -2.21. The smallest absolute Gasteiger partial charge is 0.275 e. The van der Waals surface area contributed by atoms with Gasteiger partial charge in [0, 0.05) is 6.54 Å². The van der Waals surface area contributed by atoms with E-state index in [4.69, 9.17) is 0 Å². The van der Waals surface area contributed by atoms with Crippen molar-refractivity contribution in [1.29, 1.82) is 0 Å². The van der Waals surface area contributed by atoms with E-state index in [0.29, 0.717) is 17.4 Å². The summed E-state index contributed by atoms with van der Waals surface area (Å²) < 4.78 is 2.79. The lowest BCUT2D eigenvalue weighted by Gasteiger charge is -2.03. The predicted molar refractivity (Wildman–Crippen MR) is 89.7 cm³/mol. The second-order valence-corrected chi connectivity index (χ2v) is 6.42. The van der Waals surface area contributed by atoms with Crippen molar-refractivity contribution >= 4 is 32.6 Å². The first-order valence-corrected chi connectivity index (χ1v) is 8.03. The summed E-state index contributed by atoms with van der Waals surface area (Å²) >= 11 is 1.50.